The van der Waals surface area contributed by atoms with Crippen molar-refractivity contribution in [1.29, 1.82) is 0 Å². The van der Waals surface area contributed by atoms with Crippen LogP contribution in [0.4, 0.5) is 0 Å². The highest BCUT2D eigenvalue weighted by Gasteiger charge is 2.28. The summed E-state index contributed by atoms with van der Waals surface area (Å²) in [5, 5.41) is 9.27. The second kappa shape index (κ2) is 4.44. The third-order valence-corrected chi connectivity index (χ3v) is 3.41. The highest BCUT2D eigenvalue weighted by Crippen LogP contribution is 2.30. The number of ketones is 1. The average molecular weight is 269 g/mol. The molecule has 0 aromatic heterocycles. The number of thiocarbonyl (C=S) groups is 1. The van der Waals surface area contributed by atoms with E-state index in [1.807, 2.05) is 36.4 Å². The summed E-state index contributed by atoms with van der Waals surface area (Å²) in [6, 6.07) is 11.5. The molecule has 3 rings (SSSR count). The van der Waals surface area contributed by atoms with Gasteiger partial charge in [0.2, 0.25) is 5.78 Å². The third kappa shape index (κ3) is 1.79. The molecule has 0 saturated heterocycles. The zero-order chi connectivity index (χ0) is 13.4. The van der Waals surface area contributed by atoms with Gasteiger partial charge in [-0.1, -0.05) is 36.4 Å². The van der Waals surface area contributed by atoms with E-state index >= 15 is 0 Å². The number of hydrazone groups is 1. The lowest BCUT2D eigenvalue weighted by molar-refractivity contribution is 0.106. The van der Waals surface area contributed by atoms with Crippen LogP contribution in [0.1, 0.15) is 15.9 Å². The largest absolute Gasteiger partial charge is 0.364 e. The molecule has 19 heavy (non-hydrogen) atoms. The van der Waals surface area contributed by atoms with Gasteiger partial charge >= 0.3 is 0 Å². The lowest BCUT2D eigenvalue weighted by Gasteiger charge is -2.02. The zero-order valence-corrected chi connectivity index (χ0v) is 11.0. The van der Waals surface area contributed by atoms with E-state index in [9.17, 15) is 4.79 Å². The molecule has 0 unspecified atom stereocenters. The van der Waals surface area contributed by atoms with Gasteiger partial charge in [-0.05, 0) is 17.6 Å². The minimum absolute atomic E-state index is 0.0711. The number of carbonyl (C=O) groups is 1. The lowest BCUT2D eigenvalue weighted by Crippen LogP contribution is -2.30. The Morgan fingerprint density at radius 3 is 2.53 bits per heavy atom. The number of nitrogens with one attached hydrogen (secondary N) is 2. The molecule has 1 aliphatic carbocycles. The van der Waals surface area contributed by atoms with Gasteiger partial charge in [-0.3, -0.25) is 10.2 Å². The molecule has 94 valence electrons. The van der Waals surface area contributed by atoms with Crippen LogP contribution in [0.5, 0.6) is 0 Å². The summed E-state index contributed by atoms with van der Waals surface area (Å²) < 4.78 is 0. The maximum atomic E-state index is 12.3. The molecule has 5 heteroatoms. The van der Waals surface area contributed by atoms with Crippen molar-refractivity contribution in [3.8, 4) is 0 Å². The van der Waals surface area contributed by atoms with Crippen LogP contribution >= 0.6 is 12.2 Å². The second-order valence-corrected chi connectivity index (χ2v) is 4.60. The maximum Gasteiger partial charge on any atom is 0.214 e. The third-order valence-electron chi connectivity index (χ3n) is 3.12. The first kappa shape index (κ1) is 11.8. The molecule has 0 bridgehead atoms. The van der Waals surface area contributed by atoms with E-state index in [0.29, 0.717) is 16.4 Å². The van der Waals surface area contributed by atoms with Crippen LogP contribution in [0.25, 0.3) is 10.8 Å². The number of nitrogens with zero attached hydrogens (tertiary/aromatic N) is 1. The first-order valence-corrected chi connectivity index (χ1v) is 6.25. The van der Waals surface area contributed by atoms with E-state index in [1.165, 1.54) is 0 Å². The molecule has 2 aromatic rings. The van der Waals surface area contributed by atoms with Crippen LogP contribution in [0.15, 0.2) is 41.5 Å². The summed E-state index contributed by atoms with van der Waals surface area (Å²) in [7, 11) is 1.70. The van der Waals surface area contributed by atoms with Crippen molar-refractivity contribution in [2.24, 2.45) is 5.10 Å². The second-order valence-electron chi connectivity index (χ2n) is 4.19. The van der Waals surface area contributed by atoms with E-state index in [-0.39, 0.29) is 5.78 Å². The van der Waals surface area contributed by atoms with Gasteiger partial charge in [0.05, 0.1) is 0 Å². The molecule has 2 aromatic carbocycles. The number of hydrogen-bond acceptors (Lipinski definition) is 3. The first-order chi connectivity index (χ1) is 9.22. The van der Waals surface area contributed by atoms with E-state index in [4.69, 9.17) is 12.2 Å². The van der Waals surface area contributed by atoms with Crippen LogP contribution in [0.3, 0.4) is 0 Å². The molecule has 0 spiro atoms. The Kier molecular flexibility index (Phi) is 2.76. The summed E-state index contributed by atoms with van der Waals surface area (Å²) in [5.74, 6) is -0.0711. The van der Waals surface area contributed by atoms with Crippen molar-refractivity contribution in [3.05, 3.63) is 47.5 Å². The minimum Gasteiger partial charge on any atom is -0.364 e. The fourth-order valence-corrected chi connectivity index (χ4v) is 2.30. The van der Waals surface area contributed by atoms with Crippen molar-refractivity contribution >= 4 is 39.6 Å². The predicted molar refractivity (Wildman–Crippen MR) is 79.6 cm³/mol. The summed E-state index contributed by atoms with van der Waals surface area (Å²) >= 11 is 4.96. The summed E-state index contributed by atoms with van der Waals surface area (Å²) in [6.07, 6.45) is 0. The Labute approximate surface area is 115 Å². The molecular formula is C14H11N3OS. The van der Waals surface area contributed by atoms with E-state index in [0.717, 1.165) is 16.3 Å². The van der Waals surface area contributed by atoms with Gasteiger partial charge < -0.3 is 5.32 Å². The Morgan fingerprint density at radius 2 is 1.84 bits per heavy atom. The van der Waals surface area contributed by atoms with Gasteiger partial charge in [-0.15, -0.1) is 0 Å². The van der Waals surface area contributed by atoms with Crippen molar-refractivity contribution in [2.45, 2.75) is 0 Å². The number of rotatable bonds is 1. The molecule has 0 radical (unpaired) electrons. The number of carbonyl (C=O) groups excluding carboxylic acids is 1. The molecule has 0 heterocycles. The topological polar surface area (TPSA) is 53.5 Å². The van der Waals surface area contributed by atoms with Gasteiger partial charge in [-0.2, -0.15) is 5.10 Å². The van der Waals surface area contributed by atoms with E-state index < -0.39 is 0 Å². The SMILES string of the molecule is CNC(=S)NN=C1C(=O)c2cccc3cccc1c23. The fraction of sp³-hybridized carbons (Fsp3) is 0.0714. The zero-order valence-electron chi connectivity index (χ0n) is 10.2. The highest BCUT2D eigenvalue weighted by molar-refractivity contribution is 7.80. The Balaban J connectivity index is 2.15. The Hall–Kier alpha value is -2.27. The van der Waals surface area contributed by atoms with Gasteiger partial charge in [0.1, 0.15) is 5.71 Å². The Morgan fingerprint density at radius 1 is 1.16 bits per heavy atom. The van der Waals surface area contributed by atoms with Crippen LogP contribution in [0, 0.1) is 0 Å². The molecule has 0 fully saturated rings. The smallest absolute Gasteiger partial charge is 0.214 e. The van der Waals surface area contributed by atoms with Crippen LogP contribution in [0.2, 0.25) is 0 Å². The molecule has 0 amide bonds. The molecule has 0 atom stereocenters. The van der Waals surface area contributed by atoms with E-state index in [2.05, 4.69) is 15.8 Å². The normalized spacial score (nSPS) is 15.0. The van der Waals surface area contributed by atoms with Gasteiger partial charge in [0.25, 0.3) is 0 Å². The molecule has 0 saturated carbocycles. The van der Waals surface area contributed by atoms with Crippen LogP contribution in [-0.2, 0) is 0 Å². The standard InChI is InChI=1S/C14H11N3OS/c1-15-14(19)17-16-12-9-6-2-4-8-5-3-7-10(11(8)9)13(12)18/h2-7H,1H3,(H2,15,17,19). The molecule has 4 nitrogen and oxygen atoms in total. The molecule has 2 N–H and O–H groups in total. The molecule has 0 aliphatic heterocycles. The fourth-order valence-electron chi connectivity index (χ4n) is 2.25. The predicted octanol–water partition coefficient (Wildman–Crippen LogP) is 1.83. The Bertz CT molecular complexity index is 731. The van der Waals surface area contributed by atoms with Gasteiger partial charge in [0, 0.05) is 23.6 Å². The average Bonchev–Trinajstić information content (AvgIpc) is 2.72. The first-order valence-electron chi connectivity index (χ1n) is 5.84. The van der Waals surface area contributed by atoms with Crippen molar-refractivity contribution < 1.29 is 4.79 Å². The van der Waals surface area contributed by atoms with Crippen molar-refractivity contribution in [2.75, 3.05) is 7.05 Å². The quantitative estimate of drug-likeness (QED) is 0.612. The van der Waals surface area contributed by atoms with Crippen molar-refractivity contribution in [3.63, 3.8) is 0 Å². The lowest BCUT2D eigenvalue weighted by atomic mass is 10.1. The highest BCUT2D eigenvalue weighted by atomic mass is 32.1. The monoisotopic (exact) mass is 269 g/mol. The number of Topliss-reactive ketones (excluding diaryl/α,β-unsaturated/α-hetero) is 1. The summed E-state index contributed by atoms with van der Waals surface area (Å²) in [4.78, 5) is 12.3. The van der Waals surface area contributed by atoms with Gasteiger partial charge in [-0.25, -0.2) is 0 Å². The maximum absolute atomic E-state index is 12.3. The summed E-state index contributed by atoms with van der Waals surface area (Å²) in [5.41, 5.74) is 4.63. The number of hydrogen-bond donors (Lipinski definition) is 2. The molecular weight excluding hydrogens is 258 g/mol. The minimum atomic E-state index is -0.0711. The van der Waals surface area contributed by atoms with Gasteiger partial charge in [0.15, 0.2) is 5.11 Å². The number of benzene rings is 2. The van der Waals surface area contributed by atoms with Crippen LogP contribution < -0.4 is 10.7 Å². The van der Waals surface area contributed by atoms with Crippen molar-refractivity contribution in [1.82, 2.24) is 10.7 Å². The van der Waals surface area contributed by atoms with Crippen LogP contribution in [-0.4, -0.2) is 23.7 Å². The van der Waals surface area contributed by atoms with E-state index in [1.54, 1.807) is 7.05 Å². The summed E-state index contributed by atoms with van der Waals surface area (Å²) in [6.45, 7) is 0. The molecule has 1 aliphatic rings.